The summed E-state index contributed by atoms with van der Waals surface area (Å²) in [7, 11) is 0. The van der Waals surface area contributed by atoms with Gasteiger partial charge in [-0.05, 0) is 67.7 Å². The number of benzene rings is 1. The van der Waals surface area contributed by atoms with Crippen molar-refractivity contribution >= 4 is 15.9 Å². The quantitative estimate of drug-likeness (QED) is 0.872. The molecule has 0 aromatic heterocycles. The molecule has 0 aliphatic heterocycles. The van der Waals surface area contributed by atoms with Gasteiger partial charge in [-0.1, -0.05) is 22.0 Å². The van der Waals surface area contributed by atoms with Crippen LogP contribution in [-0.2, 0) is 12.8 Å². The van der Waals surface area contributed by atoms with Gasteiger partial charge in [0.1, 0.15) is 0 Å². The minimum absolute atomic E-state index is 0.310. The first-order valence-electron chi connectivity index (χ1n) is 7.40. The second-order valence-corrected chi connectivity index (χ2v) is 6.89. The van der Waals surface area contributed by atoms with Gasteiger partial charge in [0.2, 0.25) is 0 Å². The van der Waals surface area contributed by atoms with Crippen molar-refractivity contribution in [2.24, 2.45) is 5.92 Å². The number of aliphatic hydroxyl groups is 1. The molecule has 2 aliphatic carbocycles. The Hall–Kier alpha value is -0.380. The van der Waals surface area contributed by atoms with Gasteiger partial charge in [-0.25, -0.2) is 0 Å². The first-order chi connectivity index (χ1) is 9.26. The Kier molecular flexibility index (Phi) is 4.25. The van der Waals surface area contributed by atoms with Crippen LogP contribution in [0.15, 0.2) is 22.7 Å². The van der Waals surface area contributed by atoms with E-state index < -0.39 is 0 Å². The topological polar surface area (TPSA) is 32.3 Å². The SMILES string of the molecule is OCC[C@@H](N[C@H]1CCc2cc(Br)ccc2C1)C1CC1. The summed E-state index contributed by atoms with van der Waals surface area (Å²) in [6, 6.07) is 7.79. The maximum absolute atomic E-state index is 9.19. The van der Waals surface area contributed by atoms with Gasteiger partial charge >= 0.3 is 0 Å². The zero-order chi connectivity index (χ0) is 13.2. The van der Waals surface area contributed by atoms with Crippen molar-refractivity contribution in [2.75, 3.05) is 6.61 Å². The summed E-state index contributed by atoms with van der Waals surface area (Å²) in [6.07, 6.45) is 7.12. The van der Waals surface area contributed by atoms with Crippen LogP contribution in [0.4, 0.5) is 0 Å². The van der Waals surface area contributed by atoms with Crippen LogP contribution in [0, 0.1) is 5.92 Å². The van der Waals surface area contributed by atoms with E-state index >= 15 is 0 Å². The normalized spacial score (nSPS) is 24.0. The van der Waals surface area contributed by atoms with Gasteiger partial charge in [0.25, 0.3) is 0 Å². The van der Waals surface area contributed by atoms with Gasteiger partial charge in [0.15, 0.2) is 0 Å². The lowest BCUT2D eigenvalue weighted by Crippen LogP contribution is -2.43. The van der Waals surface area contributed by atoms with Crippen LogP contribution in [0.5, 0.6) is 0 Å². The van der Waals surface area contributed by atoms with Crippen molar-refractivity contribution in [2.45, 2.75) is 50.6 Å². The molecule has 3 rings (SSSR count). The van der Waals surface area contributed by atoms with Crippen molar-refractivity contribution in [1.29, 1.82) is 0 Å². The van der Waals surface area contributed by atoms with Crippen LogP contribution >= 0.6 is 15.9 Å². The van der Waals surface area contributed by atoms with Gasteiger partial charge in [-0.15, -0.1) is 0 Å². The Morgan fingerprint density at radius 1 is 1.26 bits per heavy atom. The molecule has 0 bridgehead atoms. The molecule has 2 aliphatic rings. The van der Waals surface area contributed by atoms with E-state index in [0.717, 1.165) is 18.8 Å². The van der Waals surface area contributed by atoms with Crippen LogP contribution < -0.4 is 5.32 Å². The van der Waals surface area contributed by atoms with E-state index in [-0.39, 0.29) is 0 Å². The van der Waals surface area contributed by atoms with E-state index in [9.17, 15) is 5.11 Å². The van der Waals surface area contributed by atoms with Gasteiger partial charge in [-0.2, -0.15) is 0 Å². The largest absolute Gasteiger partial charge is 0.396 e. The lowest BCUT2D eigenvalue weighted by atomic mass is 9.87. The molecule has 1 saturated carbocycles. The predicted molar refractivity (Wildman–Crippen MR) is 81.3 cm³/mol. The first-order valence-corrected chi connectivity index (χ1v) is 8.20. The van der Waals surface area contributed by atoms with Crippen molar-refractivity contribution < 1.29 is 5.11 Å². The molecular formula is C16H22BrNO. The summed E-state index contributed by atoms with van der Waals surface area (Å²) >= 11 is 3.55. The predicted octanol–water partition coefficient (Wildman–Crippen LogP) is 3.06. The molecule has 1 aromatic rings. The maximum Gasteiger partial charge on any atom is 0.0445 e. The van der Waals surface area contributed by atoms with Crippen molar-refractivity contribution in [3.8, 4) is 0 Å². The number of aryl methyl sites for hydroxylation is 1. The van der Waals surface area contributed by atoms with E-state index in [0.29, 0.717) is 18.7 Å². The standard InChI is InChI=1S/C16H22BrNO/c17-14-5-3-13-10-15(6-4-12(13)9-14)18-16(7-8-19)11-1-2-11/h3,5,9,11,15-16,18-19H,1-2,4,6-8,10H2/t15-,16+/m0/s1. The number of halogens is 1. The van der Waals surface area contributed by atoms with E-state index in [1.165, 1.54) is 41.3 Å². The molecule has 2 N–H and O–H groups in total. The molecular weight excluding hydrogens is 302 g/mol. The Labute approximate surface area is 123 Å². The molecule has 2 atom stereocenters. The van der Waals surface area contributed by atoms with Gasteiger partial charge in [-0.3, -0.25) is 0 Å². The zero-order valence-electron chi connectivity index (χ0n) is 11.2. The van der Waals surface area contributed by atoms with Crippen LogP contribution in [0.3, 0.4) is 0 Å². The Morgan fingerprint density at radius 2 is 2.11 bits per heavy atom. The first kappa shape index (κ1) is 13.6. The Bertz CT molecular complexity index is 444. The zero-order valence-corrected chi connectivity index (χ0v) is 12.8. The Balaban J connectivity index is 1.63. The minimum atomic E-state index is 0.310. The fourth-order valence-electron chi connectivity index (χ4n) is 3.26. The molecule has 1 aromatic carbocycles. The molecule has 0 radical (unpaired) electrons. The molecule has 0 amide bonds. The van der Waals surface area contributed by atoms with Crippen LogP contribution in [-0.4, -0.2) is 23.8 Å². The fourth-order valence-corrected chi connectivity index (χ4v) is 3.67. The van der Waals surface area contributed by atoms with E-state index in [1.54, 1.807) is 0 Å². The van der Waals surface area contributed by atoms with E-state index in [2.05, 4.69) is 39.4 Å². The molecule has 0 saturated heterocycles. The second-order valence-electron chi connectivity index (χ2n) is 5.98. The van der Waals surface area contributed by atoms with Crippen molar-refractivity contribution in [3.63, 3.8) is 0 Å². The molecule has 2 nitrogen and oxygen atoms in total. The average Bonchev–Trinajstić information content (AvgIpc) is 3.23. The Morgan fingerprint density at radius 3 is 2.84 bits per heavy atom. The lowest BCUT2D eigenvalue weighted by Gasteiger charge is -2.30. The summed E-state index contributed by atoms with van der Waals surface area (Å²) in [5, 5.41) is 13.0. The summed E-state index contributed by atoms with van der Waals surface area (Å²) in [4.78, 5) is 0. The minimum Gasteiger partial charge on any atom is -0.396 e. The lowest BCUT2D eigenvalue weighted by molar-refractivity contribution is 0.244. The maximum atomic E-state index is 9.19. The molecule has 0 heterocycles. The number of fused-ring (bicyclic) bond motifs is 1. The fraction of sp³-hybridized carbons (Fsp3) is 0.625. The number of nitrogens with one attached hydrogen (secondary N) is 1. The number of aliphatic hydroxyl groups excluding tert-OH is 1. The molecule has 3 heteroatoms. The highest BCUT2D eigenvalue weighted by Gasteiger charge is 2.32. The number of rotatable bonds is 5. The summed E-state index contributed by atoms with van der Waals surface area (Å²) in [5.41, 5.74) is 2.99. The highest BCUT2D eigenvalue weighted by molar-refractivity contribution is 9.10. The van der Waals surface area contributed by atoms with Crippen LogP contribution in [0.25, 0.3) is 0 Å². The summed E-state index contributed by atoms with van der Waals surface area (Å²) in [5.74, 6) is 0.818. The third-order valence-corrected chi connectivity index (χ3v) is 4.97. The second kappa shape index (κ2) is 5.94. The highest BCUT2D eigenvalue weighted by Crippen LogP contribution is 2.35. The van der Waals surface area contributed by atoms with Crippen molar-refractivity contribution in [3.05, 3.63) is 33.8 Å². The third kappa shape index (κ3) is 3.39. The van der Waals surface area contributed by atoms with Crippen molar-refractivity contribution in [1.82, 2.24) is 5.32 Å². The summed E-state index contributed by atoms with van der Waals surface area (Å²) in [6.45, 7) is 0.310. The highest BCUT2D eigenvalue weighted by atomic mass is 79.9. The molecule has 19 heavy (non-hydrogen) atoms. The molecule has 0 unspecified atom stereocenters. The van der Waals surface area contributed by atoms with Gasteiger partial charge < -0.3 is 10.4 Å². The number of hydrogen-bond donors (Lipinski definition) is 2. The molecule has 0 spiro atoms. The van der Waals surface area contributed by atoms with Crippen LogP contribution in [0.1, 0.15) is 36.8 Å². The number of hydrogen-bond acceptors (Lipinski definition) is 2. The summed E-state index contributed by atoms with van der Waals surface area (Å²) < 4.78 is 1.19. The van der Waals surface area contributed by atoms with E-state index in [1.807, 2.05) is 0 Å². The molecule has 104 valence electrons. The van der Waals surface area contributed by atoms with Gasteiger partial charge in [0, 0.05) is 23.2 Å². The smallest absolute Gasteiger partial charge is 0.0445 e. The molecule has 1 fully saturated rings. The van der Waals surface area contributed by atoms with Crippen LogP contribution in [0.2, 0.25) is 0 Å². The van der Waals surface area contributed by atoms with Gasteiger partial charge in [0.05, 0.1) is 0 Å². The third-order valence-electron chi connectivity index (χ3n) is 4.48. The van der Waals surface area contributed by atoms with E-state index in [4.69, 9.17) is 0 Å². The average molecular weight is 324 g/mol. The monoisotopic (exact) mass is 323 g/mol.